The smallest absolute Gasteiger partial charge is 0.123 e. The molecule has 0 aliphatic carbocycles. The van der Waals surface area contributed by atoms with Gasteiger partial charge in [0.15, 0.2) is 0 Å². The number of rotatable bonds is 5. The number of nitrogens with two attached hydrogens (primary N) is 2. The zero-order valence-electron chi connectivity index (χ0n) is 9.74. The molecule has 3 nitrogen and oxygen atoms in total. The minimum Gasteiger partial charge on any atom is -0.496 e. The lowest BCUT2D eigenvalue weighted by Gasteiger charge is -2.17. The van der Waals surface area contributed by atoms with E-state index in [9.17, 15) is 0 Å². The molecule has 4 heteroatoms. The van der Waals surface area contributed by atoms with E-state index < -0.39 is 0 Å². The van der Waals surface area contributed by atoms with Gasteiger partial charge in [0.05, 0.1) is 7.11 Å². The highest BCUT2D eigenvalue weighted by atomic mass is 35.5. The predicted octanol–water partition coefficient (Wildman–Crippen LogP) is 2.48. The molecule has 90 valence electrons. The average molecular weight is 243 g/mol. The second-order valence-electron chi connectivity index (χ2n) is 4.05. The first-order valence-corrected chi connectivity index (χ1v) is 5.77. The van der Waals surface area contributed by atoms with Crippen molar-refractivity contribution in [3.8, 4) is 5.75 Å². The second-order valence-corrected chi connectivity index (χ2v) is 4.48. The van der Waals surface area contributed by atoms with E-state index in [0.29, 0.717) is 5.02 Å². The summed E-state index contributed by atoms with van der Waals surface area (Å²) < 4.78 is 5.26. The van der Waals surface area contributed by atoms with E-state index in [2.05, 4.69) is 0 Å². The van der Waals surface area contributed by atoms with Gasteiger partial charge in [-0.1, -0.05) is 11.6 Å². The van der Waals surface area contributed by atoms with Crippen LogP contribution in [0.2, 0.25) is 5.02 Å². The highest BCUT2D eigenvalue weighted by Crippen LogP contribution is 2.29. The maximum Gasteiger partial charge on any atom is 0.123 e. The zero-order valence-corrected chi connectivity index (χ0v) is 10.5. The second kappa shape index (κ2) is 6.09. The van der Waals surface area contributed by atoms with Gasteiger partial charge < -0.3 is 16.2 Å². The van der Waals surface area contributed by atoms with Crippen molar-refractivity contribution in [1.29, 1.82) is 0 Å². The Morgan fingerprint density at radius 3 is 2.56 bits per heavy atom. The molecular weight excluding hydrogens is 224 g/mol. The highest BCUT2D eigenvalue weighted by Gasteiger charge is 2.13. The molecule has 1 rings (SSSR count). The van der Waals surface area contributed by atoms with Gasteiger partial charge in [0.25, 0.3) is 0 Å². The molecule has 1 aromatic carbocycles. The molecule has 0 radical (unpaired) electrons. The standard InChI is InChI=1S/C12H19ClN2O/c1-8(14)3-5-11(15)10-7-9(13)4-6-12(10)16-2/h4,6-8,11H,3,5,14-15H2,1-2H3. The Balaban J connectivity index is 2.80. The van der Waals surface area contributed by atoms with E-state index in [1.807, 2.05) is 19.1 Å². The van der Waals surface area contributed by atoms with Crippen molar-refractivity contribution in [3.05, 3.63) is 28.8 Å². The summed E-state index contributed by atoms with van der Waals surface area (Å²) in [5.74, 6) is 0.779. The van der Waals surface area contributed by atoms with Crippen molar-refractivity contribution >= 4 is 11.6 Å². The van der Waals surface area contributed by atoms with Crippen LogP contribution in [-0.2, 0) is 0 Å². The van der Waals surface area contributed by atoms with Crippen LogP contribution < -0.4 is 16.2 Å². The van der Waals surface area contributed by atoms with Crippen LogP contribution in [0, 0.1) is 0 Å². The van der Waals surface area contributed by atoms with Crippen molar-refractivity contribution in [3.63, 3.8) is 0 Å². The van der Waals surface area contributed by atoms with Crippen LogP contribution in [0.25, 0.3) is 0 Å². The first kappa shape index (κ1) is 13.3. The molecule has 4 N–H and O–H groups in total. The molecule has 0 aromatic heterocycles. The monoisotopic (exact) mass is 242 g/mol. The predicted molar refractivity (Wildman–Crippen MR) is 67.8 cm³/mol. The van der Waals surface area contributed by atoms with Crippen LogP contribution >= 0.6 is 11.6 Å². The number of methoxy groups -OCH3 is 1. The molecule has 0 aliphatic rings. The molecule has 0 spiro atoms. The van der Waals surface area contributed by atoms with Crippen LogP contribution in [-0.4, -0.2) is 13.2 Å². The van der Waals surface area contributed by atoms with Gasteiger partial charge in [-0.25, -0.2) is 0 Å². The average Bonchev–Trinajstić information content (AvgIpc) is 2.25. The minimum absolute atomic E-state index is 0.0837. The van der Waals surface area contributed by atoms with Gasteiger partial charge in [-0.15, -0.1) is 0 Å². The third-order valence-corrected chi connectivity index (χ3v) is 2.76. The minimum atomic E-state index is -0.0837. The Kier molecular flexibility index (Phi) is 5.06. The van der Waals surface area contributed by atoms with Gasteiger partial charge in [-0.05, 0) is 38.0 Å². The Morgan fingerprint density at radius 2 is 2.00 bits per heavy atom. The maximum absolute atomic E-state index is 6.09. The summed E-state index contributed by atoms with van der Waals surface area (Å²) in [6.45, 7) is 1.97. The third-order valence-electron chi connectivity index (χ3n) is 2.52. The SMILES string of the molecule is COc1ccc(Cl)cc1C(N)CCC(C)N. The van der Waals surface area contributed by atoms with Crippen LogP contribution in [0.5, 0.6) is 5.75 Å². The molecule has 0 heterocycles. The van der Waals surface area contributed by atoms with Gasteiger partial charge >= 0.3 is 0 Å². The number of hydrogen-bond acceptors (Lipinski definition) is 3. The lowest BCUT2D eigenvalue weighted by molar-refractivity contribution is 0.402. The summed E-state index contributed by atoms with van der Waals surface area (Å²) >= 11 is 5.94. The van der Waals surface area contributed by atoms with Crippen LogP contribution in [0.1, 0.15) is 31.4 Å². The molecule has 2 unspecified atom stereocenters. The fraction of sp³-hybridized carbons (Fsp3) is 0.500. The molecule has 0 bridgehead atoms. The van der Waals surface area contributed by atoms with E-state index in [4.69, 9.17) is 27.8 Å². The molecule has 0 fully saturated rings. The van der Waals surface area contributed by atoms with E-state index >= 15 is 0 Å². The summed E-state index contributed by atoms with van der Waals surface area (Å²) in [7, 11) is 1.63. The van der Waals surface area contributed by atoms with E-state index in [-0.39, 0.29) is 12.1 Å². The summed E-state index contributed by atoms with van der Waals surface area (Å²) in [5.41, 5.74) is 12.7. The van der Waals surface area contributed by atoms with Crippen molar-refractivity contribution in [2.45, 2.75) is 31.8 Å². The van der Waals surface area contributed by atoms with Crippen LogP contribution in [0.15, 0.2) is 18.2 Å². The fourth-order valence-corrected chi connectivity index (χ4v) is 1.77. The van der Waals surface area contributed by atoms with Gasteiger partial charge in [0.1, 0.15) is 5.75 Å². The number of hydrogen-bond donors (Lipinski definition) is 2. The summed E-state index contributed by atoms with van der Waals surface area (Å²) in [6.07, 6.45) is 1.71. The quantitative estimate of drug-likeness (QED) is 0.834. The first-order chi connectivity index (χ1) is 7.54. The van der Waals surface area contributed by atoms with Crippen molar-refractivity contribution < 1.29 is 4.74 Å². The van der Waals surface area contributed by atoms with Crippen molar-refractivity contribution in [2.75, 3.05) is 7.11 Å². The Bertz CT molecular complexity index is 342. The normalized spacial score (nSPS) is 14.6. The van der Waals surface area contributed by atoms with E-state index in [1.54, 1.807) is 13.2 Å². The van der Waals surface area contributed by atoms with Crippen LogP contribution in [0.3, 0.4) is 0 Å². The molecule has 0 saturated heterocycles. The van der Waals surface area contributed by atoms with E-state index in [0.717, 1.165) is 24.2 Å². The lowest BCUT2D eigenvalue weighted by atomic mass is 10.00. The summed E-state index contributed by atoms with van der Waals surface area (Å²) in [5, 5.41) is 0.673. The molecule has 0 amide bonds. The summed E-state index contributed by atoms with van der Waals surface area (Å²) in [4.78, 5) is 0. The van der Waals surface area contributed by atoms with E-state index in [1.165, 1.54) is 0 Å². The topological polar surface area (TPSA) is 61.3 Å². The molecule has 2 atom stereocenters. The number of halogens is 1. The number of benzene rings is 1. The molecule has 0 aliphatic heterocycles. The molecular formula is C12H19ClN2O. The largest absolute Gasteiger partial charge is 0.496 e. The number of ether oxygens (including phenoxy) is 1. The maximum atomic E-state index is 6.09. The van der Waals surface area contributed by atoms with Crippen LogP contribution in [0.4, 0.5) is 0 Å². The Labute approximate surface area is 102 Å². The molecule has 1 aromatic rings. The van der Waals surface area contributed by atoms with Crippen molar-refractivity contribution in [2.24, 2.45) is 11.5 Å². The van der Waals surface area contributed by atoms with Gasteiger partial charge in [0.2, 0.25) is 0 Å². The van der Waals surface area contributed by atoms with Gasteiger partial charge in [-0.2, -0.15) is 0 Å². The zero-order chi connectivity index (χ0) is 12.1. The third kappa shape index (κ3) is 3.67. The Hall–Kier alpha value is -0.770. The molecule has 0 saturated carbocycles. The fourth-order valence-electron chi connectivity index (χ4n) is 1.59. The first-order valence-electron chi connectivity index (χ1n) is 5.39. The Morgan fingerprint density at radius 1 is 1.31 bits per heavy atom. The van der Waals surface area contributed by atoms with Crippen molar-refractivity contribution in [1.82, 2.24) is 0 Å². The summed E-state index contributed by atoms with van der Waals surface area (Å²) in [6, 6.07) is 5.56. The highest BCUT2D eigenvalue weighted by molar-refractivity contribution is 6.30. The van der Waals surface area contributed by atoms with Gasteiger partial charge in [0, 0.05) is 22.7 Å². The molecule has 16 heavy (non-hydrogen) atoms. The van der Waals surface area contributed by atoms with Gasteiger partial charge in [-0.3, -0.25) is 0 Å². The lowest BCUT2D eigenvalue weighted by Crippen LogP contribution is -2.19.